The molecule has 9 nitrogen and oxygen atoms in total. The van der Waals surface area contributed by atoms with E-state index in [1.54, 1.807) is 0 Å². The zero-order valence-corrected chi connectivity index (χ0v) is 46.6. The third kappa shape index (κ3) is 49.9. The van der Waals surface area contributed by atoms with Crippen molar-refractivity contribution in [3.05, 3.63) is 97.2 Å². The number of phosphoric ester groups is 1. The lowest BCUT2D eigenvalue weighted by Crippen LogP contribution is -2.47. The van der Waals surface area contributed by atoms with E-state index in [0.717, 1.165) is 96.3 Å². The molecule has 0 saturated heterocycles. The normalized spacial score (nSPS) is 14.6. The van der Waals surface area contributed by atoms with Crippen LogP contribution >= 0.6 is 7.82 Å². The Hall–Kier alpha value is -3.07. The molecule has 70 heavy (non-hydrogen) atoms. The number of unbranched alkanes of at least 4 members (excludes halogenated alkanes) is 21. The van der Waals surface area contributed by atoms with Gasteiger partial charge in [-0.2, -0.15) is 0 Å². The molecule has 0 aliphatic heterocycles. The summed E-state index contributed by atoms with van der Waals surface area (Å²) < 4.78 is 30.2. The summed E-state index contributed by atoms with van der Waals surface area (Å²) in [6.45, 7) is 6.61. The Kier molecular flexibility index (Phi) is 47.3. The van der Waals surface area contributed by atoms with Crippen LogP contribution in [0.1, 0.15) is 220 Å². The highest BCUT2D eigenvalue weighted by molar-refractivity contribution is 7.45. The standard InChI is InChI=1S/C60H105N2O7P/c1-7-10-13-16-19-22-25-28-29-30-31-32-33-35-37-40-43-46-49-52-59(63)61-57(56-68-70(65,66)67-55-54-62(4,5)6)58(51-48-45-42-39-36-27-24-21-18-15-12-9-3)69-60(64)53-50-47-44-41-38-34-26-23-20-17-14-11-8-2/h11,14,17,19-20,22-23,26,28-29,31-32,35,37,48,51,57-58H,7-10,12-13,15-16,18,21,24-25,27,30,33-34,36,38-47,49-50,52-56H2,1-6H3,(H-,61,63,65,66)/b14-11+,20-17+,22-19-,26-23-,29-28-,32-31-,37-35-,51-48-. The lowest BCUT2D eigenvalue weighted by atomic mass is 10.1. The molecule has 0 rings (SSSR count). The fourth-order valence-electron chi connectivity index (χ4n) is 7.44. The first-order valence-electron chi connectivity index (χ1n) is 28.1. The summed E-state index contributed by atoms with van der Waals surface area (Å²) in [5.41, 5.74) is 0. The highest BCUT2D eigenvalue weighted by Gasteiger charge is 2.27. The largest absolute Gasteiger partial charge is 0.756 e. The summed E-state index contributed by atoms with van der Waals surface area (Å²) in [6.07, 6.45) is 65.2. The van der Waals surface area contributed by atoms with Gasteiger partial charge >= 0.3 is 5.97 Å². The summed E-state index contributed by atoms with van der Waals surface area (Å²) in [7, 11) is 1.13. The number of hydrogen-bond donors (Lipinski definition) is 1. The van der Waals surface area contributed by atoms with E-state index in [2.05, 4.69) is 105 Å². The van der Waals surface area contributed by atoms with Crippen molar-refractivity contribution in [1.29, 1.82) is 0 Å². The van der Waals surface area contributed by atoms with Crippen LogP contribution in [0.4, 0.5) is 0 Å². The second-order valence-corrected chi connectivity index (χ2v) is 21.2. The molecule has 1 amide bonds. The van der Waals surface area contributed by atoms with Gasteiger partial charge in [-0.05, 0) is 96.0 Å². The maximum atomic E-state index is 13.5. The zero-order valence-electron chi connectivity index (χ0n) is 45.7. The number of phosphoric acid groups is 1. The van der Waals surface area contributed by atoms with Crippen LogP contribution in [0.25, 0.3) is 0 Å². The average molecular weight is 997 g/mol. The molecule has 0 bridgehead atoms. The minimum Gasteiger partial charge on any atom is -0.756 e. The first-order chi connectivity index (χ1) is 33.9. The third-order valence-corrected chi connectivity index (χ3v) is 12.8. The summed E-state index contributed by atoms with van der Waals surface area (Å²) in [5.74, 6) is -0.609. The molecule has 0 spiro atoms. The molecule has 0 saturated carbocycles. The summed E-state index contributed by atoms with van der Waals surface area (Å²) in [4.78, 5) is 39.8. The quantitative estimate of drug-likeness (QED) is 0.0161. The minimum atomic E-state index is -4.71. The van der Waals surface area contributed by atoms with Gasteiger partial charge in [-0.25, -0.2) is 0 Å². The van der Waals surface area contributed by atoms with Gasteiger partial charge in [-0.15, -0.1) is 0 Å². The second-order valence-electron chi connectivity index (χ2n) is 19.8. The van der Waals surface area contributed by atoms with Crippen molar-refractivity contribution in [2.45, 2.75) is 232 Å². The molecular weight excluding hydrogens is 892 g/mol. The van der Waals surface area contributed by atoms with Crippen molar-refractivity contribution in [3.63, 3.8) is 0 Å². The highest BCUT2D eigenvalue weighted by Crippen LogP contribution is 2.38. The SMILES string of the molecule is CC/C=C/C=C/C=C\CCCCCCCC(=O)OC(/C=C\CCCCCCCCCCCC)C(COP(=O)([O-])OCC[N+](C)(C)C)NC(=O)CCCCC/C=C\C/C=C\C/C=C\C/C=C\CCCCC. The van der Waals surface area contributed by atoms with Crippen molar-refractivity contribution in [2.75, 3.05) is 40.9 Å². The Morgan fingerprint density at radius 3 is 1.53 bits per heavy atom. The number of amides is 1. The number of hydrogen-bond acceptors (Lipinski definition) is 7. The van der Waals surface area contributed by atoms with Crippen LogP contribution in [0.15, 0.2) is 97.2 Å². The number of rotatable bonds is 49. The van der Waals surface area contributed by atoms with Crippen LogP contribution < -0.4 is 10.2 Å². The Labute approximate surface area is 430 Å². The number of esters is 1. The molecule has 402 valence electrons. The zero-order chi connectivity index (χ0) is 51.5. The van der Waals surface area contributed by atoms with Crippen LogP contribution in [0.3, 0.4) is 0 Å². The smallest absolute Gasteiger partial charge is 0.306 e. The minimum absolute atomic E-state index is 0.0372. The molecule has 0 heterocycles. The van der Waals surface area contributed by atoms with E-state index < -0.39 is 26.6 Å². The fourth-order valence-corrected chi connectivity index (χ4v) is 8.17. The van der Waals surface area contributed by atoms with Crippen LogP contribution in [0, 0.1) is 0 Å². The Balaban J connectivity index is 5.44. The van der Waals surface area contributed by atoms with Crippen LogP contribution in [-0.2, 0) is 27.9 Å². The average Bonchev–Trinajstić information content (AvgIpc) is 3.32. The topological polar surface area (TPSA) is 114 Å². The van der Waals surface area contributed by atoms with Crippen molar-refractivity contribution in [1.82, 2.24) is 5.32 Å². The first-order valence-corrected chi connectivity index (χ1v) is 29.5. The van der Waals surface area contributed by atoms with E-state index in [1.807, 2.05) is 39.4 Å². The van der Waals surface area contributed by atoms with Gasteiger partial charge < -0.3 is 28.5 Å². The van der Waals surface area contributed by atoms with Gasteiger partial charge in [0.2, 0.25) is 5.91 Å². The number of allylic oxidation sites excluding steroid dienone is 15. The van der Waals surface area contributed by atoms with Crippen LogP contribution in [-0.4, -0.2) is 69.4 Å². The Morgan fingerprint density at radius 1 is 0.529 bits per heavy atom. The molecule has 1 N–H and O–H groups in total. The van der Waals surface area contributed by atoms with Crippen molar-refractivity contribution >= 4 is 19.7 Å². The van der Waals surface area contributed by atoms with E-state index in [-0.39, 0.29) is 31.3 Å². The molecule has 0 radical (unpaired) electrons. The molecule has 3 unspecified atom stereocenters. The summed E-state index contributed by atoms with van der Waals surface area (Å²) >= 11 is 0. The predicted octanol–water partition coefficient (Wildman–Crippen LogP) is 16.2. The second kappa shape index (κ2) is 49.5. The third-order valence-electron chi connectivity index (χ3n) is 11.8. The molecule has 0 aromatic rings. The van der Waals surface area contributed by atoms with E-state index in [1.165, 1.54) is 77.0 Å². The maximum absolute atomic E-state index is 13.5. The first kappa shape index (κ1) is 66.9. The van der Waals surface area contributed by atoms with Crippen molar-refractivity contribution < 1.29 is 37.3 Å². The van der Waals surface area contributed by atoms with Gasteiger partial charge in [0, 0.05) is 12.8 Å². The van der Waals surface area contributed by atoms with Gasteiger partial charge in [0.1, 0.15) is 19.3 Å². The van der Waals surface area contributed by atoms with Gasteiger partial charge in [-0.1, -0.05) is 208 Å². The van der Waals surface area contributed by atoms with Crippen molar-refractivity contribution in [3.8, 4) is 0 Å². The van der Waals surface area contributed by atoms with E-state index in [0.29, 0.717) is 23.9 Å². The molecule has 0 aromatic heterocycles. The molecule has 0 aliphatic carbocycles. The molecule has 10 heteroatoms. The monoisotopic (exact) mass is 997 g/mol. The number of likely N-dealkylation sites (N-methyl/N-ethyl adjacent to an activating group) is 1. The van der Waals surface area contributed by atoms with Crippen LogP contribution in [0.5, 0.6) is 0 Å². The molecule has 0 aromatic carbocycles. The highest BCUT2D eigenvalue weighted by atomic mass is 31.2. The summed E-state index contributed by atoms with van der Waals surface area (Å²) in [5, 5.41) is 2.99. The van der Waals surface area contributed by atoms with E-state index in [9.17, 15) is 19.0 Å². The number of quaternary nitrogens is 1. The predicted molar refractivity (Wildman–Crippen MR) is 297 cm³/mol. The lowest BCUT2D eigenvalue weighted by Gasteiger charge is -2.30. The number of ether oxygens (including phenoxy) is 1. The number of carbonyl (C=O) groups excluding carboxylic acids is 2. The number of carbonyl (C=O) groups is 2. The van der Waals surface area contributed by atoms with Crippen molar-refractivity contribution in [2.24, 2.45) is 0 Å². The fraction of sp³-hybridized carbons (Fsp3) is 0.700. The Bertz CT molecular complexity index is 1520. The number of nitrogens with one attached hydrogen (secondary N) is 1. The summed E-state index contributed by atoms with van der Waals surface area (Å²) in [6, 6.07) is -0.918. The van der Waals surface area contributed by atoms with Gasteiger partial charge in [0.25, 0.3) is 7.82 Å². The van der Waals surface area contributed by atoms with E-state index in [4.69, 9.17) is 13.8 Å². The van der Waals surface area contributed by atoms with Gasteiger partial charge in [0.05, 0.1) is 33.8 Å². The Morgan fingerprint density at radius 2 is 0.971 bits per heavy atom. The van der Waals surface area contributed by atoms with Crippen LogP contribution in [0.2, 0.25) is 0 Å². The molecule has 0 aliphatic rings. The maximum Gasteiger partial charge on any atom is 0.306 e. The molecule has 0 fully saturated rings. The number of nitrogens with zero attached hydrogens (tertiary/aromatic N) is 1. The van der Waals surface area contributed by atoms with Gasteiger partial charge in [0.15, 0.2) is 0 Å². The lowest BCUT2D eigenvalue weighted by molar-refractivity contribution is -0.870. The molecule has 3 atom stereocenters. The van der Waals surface area contributed by atoms with Gasteiger partial charge in [-0.3, -0.25) is 14.2 Å². The molecular formula is C60H105N2O7P. The van der Waals surface area contributed by atoms with E-state index >= 15 is 0 Å².